The van der Waals surface area contributed by atoms with Crippen LogP contribution in [0.1, 0.15) is 111 Å². The van der Waals surface area contributed by atoms with Crippen molar-refractivity contribution >= 4 is 17.7 Å². The third kappa shape index (κ3) is 12.9. The monoisotopic (exact) mass is 964 g/mol. The van der Waals surface area contributed by atoms with Gasteiger partial charge in [-0.2, -0.15) is 0 Å². The first-order valence-electron chi connectivity index (χ1n) is 23.7. The molecule has 0 bridgehead atoms. The van der Waals surface area contributed by atoms with Gasteiger partial charge in [-0.15, -0.1) is 5.10 Å². The molecule has 1 aromatic carbocycles. The molecule has 1 aromatic heterocycles. The maximum Gasteiger partial charge on any atom is 0.308 e. The summed E-state index contributed by atoms with van der Waals surface area (Å²) >= 11 is 0. The van der Waals surface area contributed by atoms with Gasteiger partial charge in [0.05, 0.1) is 53.8 Å². The standard InChI is InChI=1S/C48H77N5O15/c1-13-36-48(9,60)42(58)29(5)40(56)26(2)21-47(8,63-12)44(28(4)35(20-38(55)67-36)66-39-22-46(7,62-11)43(59)30(6)65-39)68-45-41(57)34(18-27(3)64-45)52(10)23-32-16-14-31(15-17-32)19-33-24-53(51-49-33)25-37(54)50-61/h14-17,24,26-30,34-36,39,41-45,57-61H,13,18-23,25H2,1-12H3,(H,50,54)/t26-,27-,28+,29+,30+,34+,35+,36?,39?,41-,42-,43+,44?,45?,46-,47+,48-/m1/s1. The smallest absolute Gasteiger partial charge is 0.308 e. The Morgan fingerprint density at radius 2 is 1.59 bits per heavy atom. The predicted molar refractivity (Wildman–Crippen MR) is 243 cm³/mol. The van der Waals surface area contributed by atoms with Crippen molar-refractivity contribution < 1.29 is 73.2 Å². The van der Waals surface area contributed by atoms with E-state index in [4.69, 9.17) is 38.4 Å². The van der Waals surface area contributed by atoms with Crippen molar-refractivity contribution in [2.45, 2.75) is 198 Å². The van der Waals surface area contributed by atoms with Crippen LogP contribution >= 0.6 is 0 Å². The molecular formula is C48H77N5O15. The van der Waals surface area contributed by atoms with Gasteiger partial charge in [-0.05, 0) is 72.1 Å². The third-order valence-corrected chi connectivity index (χ3v) is 14.6. The van der Waals surface area contributed by atoms with E-state index < -0.39 is 108 Å². The Kier molecular flexibility index (Phi) is 18.9. The van der Waals surface area contributed by atoms with E-state index in [1.807, 2.05) is 50.1 Å². The summed E-state index contributed by atoms with van der Waals surface area (Å²) in [6, 6.07) is 7.48. The number of hydroxylamine groups is 1. The van der Waals surface area contributed by atoms with Crippen molar-refractivity contribution in [3.8, 4) is 0 Å². The zero-order chi connectivity index (χ0) is 50.5. The van der Waals surface area contributed by atoms with Crippen LogP contribution in [0.4, 0.5) is 0 Å². The van der Waals surface area contributed by atoms with E-state index in [1.165, 1.54) is 32.7 Å². The lowest BCUT2D eigenvalue weighted by Gasteiger charge is -2.49. The highest BCUT2D eigenvalue weighted by Gasteiger charge is 2.53. The van der Waals surface area contributed by atoms with E-state index in [9.17, 15) is 34.8 Å². The lowest BCUT2D eigenvalue weighted by molar-refractivity contribution is -0.317. The molecule has 384 valence electrons. The minimum atomic E-state index is -1.99. The van der Waals surface area contributed by atoms with Crippen molar-refractivity contribution in [2.24, 2.45) is 17.8 Å². The highest BCUT2D eigenvalue weighted by molar-refractivity contribution is 5.83. The summed E-state index contributed by atoms with van der Waals surface area (Å²) < 4.78 is 45.6. The van der Waals surface area contributed by atoms with Gasteiger partial charge >= 0.3 is 5.97 Å². The van der Waals surface area contributed by atoms with Gasteiger partial charge < -0.3 is 53.6 Å². The summed E-state index contributed by atoms with van der Waals surface area (Å²) in [6.07, 6.45) is -7.84. The fourth-order valence-corrected chi connectivity index (χ4v) is 10.3. The number of ether oxygens (including phenoxy) is 7. The summed E-state index contributed by atoms with van der Waals surface area (Å²) in [5.74, 6) is -4.29. The molecule has 3 aliphatic heterocycles. The third-order valence-electron chi connectivity index (χ3n) is 14.6. The molecule has 3 saturated heterocycles. The lowest BCUT2D eigenvalue weighted by Crippen LogP contribution is -2.61. The number of carbonyl (C=O) groups is 3. The molecule has 0 radical (unpaired) electrons. The van der Waals surface area contributed by atoms with Gasteiger partial charge in [0.1, 0.15) is 36.2 Å². The summed E-state index contributed by atoms with van der Waals surface area (Å²) in [5, 5.41) is 63.4. The van der Waals surface area contributed by atoms with Crippen molar-refractivity contribution in [1.29, 1.82) is 0 Å². The number of methoxy groups -OCH3 is 2. The van der Waals surface area contributed by atoms with Gasteiger partial charge in [-0.1, -0.05) is 57.2 Å². The molecular weight excluding hydrogens is 887 g/mol. The SMILES string of the molecule is CCC1OC(=O)C[C@H](OC2C[C@@](C)(OC)[C@@H](O)[C@H](C)O2)[C@H](C)C(OC2O[C@H](C)C[C@H](N(C)Cc3ccc(Cc4cn(CC(=O)NO)nn4)cc3)[C@H]2O)[C@@](C)(OC)C[C@@H](C)C(=O)[C@H](C)[C@@H](O)[C@]1(C)O. The van der Waals surface area contributed by atoms with Gasteiger partial charge in [-0.3, -0.25) is 24.5 Å². The van der Waals surface area contributed by atoms with Gasteiger partial charge in [-0.25, -0.2) is 10.2 Å². The zero-order valence-electron chi connectivity index (χ0n) is 41.7. The molecule has 0 saturated carbocycles. The Labute approximate surface area is 399 Å². The van der Waals surface area contributed by atoms with Crippen LogP contribution in [-0.2, 0) is 67.1 Å². The number of likely N-dealkylation sites (N-methyl/N-ethyl adjacent to an activating group) is 1. The van der Waals surface area contributed by atoms with Crippen LogP contribution in [0.2, 0.25) is 0 Å². The lowest BCUT2D eigenvalue weighted by atomic mass is 9.74. The predicted octanol–water partition coefficient (Wildman–Crippen LogP) is 2.45. The number of amides is 1. The van der Waals surface area contributed by atoms with E-state index >= 15 is 0 Å². The topological polar surface area (TPSA) is 263 Å². The number of aliphatic hydroxyl groups excluding tert-OH is 3. The fraction of sp³-hybridized carbons (Fsp3) is 0.771. The number of esters is 1. The van der Waals surface area contributed by atoms with E-state index in [0.29, 0.717) is 25.1 Å². The molecule has 3 aliphatic rings. The number of carbonyl (C=O) groups excluding carboxylic acids is 3. The normalized spacial score (nSPS) is 39.0. The summed E-state index contributed by atoms with van der Waals surface area (Å²) in [5.41, 5.74) is -0.219. The summed E-state index contributed by atoms with van der Waals surface area (Å²) in [6.45, 7) is 15.6. The molecule has 1 amide bonds. The van der Waals surface area contributed by atoms with Gasteiger partial charge in [0.2, 0.25) is 0 Å². The Morgan fingerprint density at radius 3 is 2.21 bits per heavy atom. The first-order chi connectivity index (χ1) is 31.9. The van der Waals surface area contributed by atoms with Crippen LogP contribution in [0.5, 0.6) is 0 Å². The molecule has 6 N–H and O–H groups in total. The zero-order valence-corrected chi connectivity index (χ0v) is 41.7. The molecule has 4 heterocycles. The molecule has 20 nitrogen and oxygen atoms in total. The number of ketones is 1. The molecule has 4 unspecified atom stereocenters. The fourth-order valence-electron chi connectivity index (χ4n) is 10.3. The van der Waals surface area contributed by atoms with Crippen LogP contribution in [0.15, 0.2) is 30.5 Å². The van der Waals surface area contributed by atoms with E-state index in [-0.39, 0.29) is 44.1 Å². The maximum atomic E-state index is 14.2. The number of hydrogen-bond acceptors (Lipinski definition) is 18. The van der Waals surface area contributed by atoms with Crippen LogP contribution in [0.3, 0.4) is 0 Å². The average molecular weight is 964 g/mol. The van der Waals surface area contributed by atoms with Crippen LogP contribution in [-0.4, -0.2) is 169 Å². The second kappa shape index (κ2) is 23.1. The highest BCUT2D eigenvalue weighted by atomic mass is 16.7. The molecule has 17 atom stereocenters. The Bertz CT molecular complexity index is 1970. The molecule has 0 spiro atoms. The molecule has 68 heavy (non-hydrogen) atoms. The number of aliphatic hydroxyl groups is 4. The summed E-state index contributed by atoms with van der Waals surface area (Å²) in [4.78, 5) is 41.9. The number of benzene rings is 1. The number of rotatable bonds is 14. The number of nitrogens with one attached hydrogen (secondary N) is 1. The number of hydrogen-bond donors (Lipinski definition) is 6. The molecule has 20 heteroatoms. The van der Waals surface area contributed by atoms with Crippen LogP contribution < -0.4 is 5.48 Å². The number of cyclic esters (lactones) is 1. The Hall–Kier alpha value is -3.51. The first kappa shape index (κ1) is 55.4. The Balaban J connectivity index is 1.45. The van der Waals surface area contributed by atoms with Crippen molar-refractivity contribution in [1.82, 2.24) is 25.4 Å². The van der Waals surface area contributed by atoms with Gasteiger partial charge in [0.15, 0.2) is 12.6 Å². The van der Waals surface area contributed by atoms with E-state index in [0.717, 1.165) is 11.1 Å². The average Bonchev–Trinajstić information content (AvgIpc) is 3.74. The van der Waals surface area contributed by atoms with Crippen molar-refractivity contribution in [3.05, 3.63) is 47.3 Å². The second-order valence-corrected chi connectivity index (χ2v) is 20.1. The Morgan fingerprint density at radius 1 is 0.941 bits per heavy atom. The van der Waals surface area contributed by atoms with E-state index in [1.54, 1.807) is 46.3 Å². The quantitative estimate of drug-likeness (QED) is 0.0902. The minimum Gasteiger partial charge on any atom is -0.459 e. The maximum absolute atomic E-state index is 14.2. The van der Waals surface area contributed by atoms with Crippen LogP contribution in [0.25, 0.3) is 0 Å². The number of aromatic nitrogens is 3. The highest BCUT2D eigenvalue weighted by Crippen LogP contribution is 2.41. The minimum absolute atomic E-state index is 0.0623. The largest absolute Gasteiger partial charge is 0.459 e. The van der Waals surface area contributed by atoms with Crippen molar-refractivity contribution in [3.63, 3.8) is 0 Å². The van der Waals surface area contributed by atoms with E-state index in [2.05, 4.69) is 10.3 Å². The van der Waals surface area contributed by atoms with Crippen LogP contribution in [0, 0.1) is 17.8 Å². The molecule has 2 aromatic rings. The number of Topliss-reactive ketones (excluding diaryl/α,β-unsaturated/α-hetero) is 1. The van der Waals surface area contributed by atoms with Gasteiger partial charge in [0, 0.05) is 63.6 Å². The van der Waals surface area contributed by atoms with Crippen molar-refractivity contribution in [2.75, 3.05) is 21.3 Å². The number of nitrogens with zero attached hydrogens (tertiary/aromatic N) is 4. The molecule has 5 rings (SSSR count). The molecule has 0 aliphatic carbocycles. The first-order valence-corrected chi connectivity index (χ1v) is 23.7. The second-order valence-electron chi connectivity index (χ2n) is 20.1. The van der Waals surface area contributed by atoms with Gasteiger partial charge in [0.25, 0.3) is 5.91 Å². The summed E-state index contributed by atoms with van der Waals surface area (Å²) in [7, 11) is 4.89. The molecule has 3 fully saturated rings.